The van der Waals surface area contributed by atoms with Gasteiger partial charge in [0.2, 0.25) is 5.91 Å². The lowest BCUT2D eigenvalue weighted by Crippen LogP contribution is -2.37. The van der Waals surface area contributed by atoms with E-state index in [1.54, 1.807) is 29.2 Å². The molecule has 0 unspecified atom stereocenters. The third-order valence-corrected chi connectivity index (χ3v) is 6.43. The molecule has 0 saturated carbocycles. The first-order valence-electron chi connectivity index (χ1n) is 9.14. The van der Waals surface area contributed by atoms with Crippen LogP contribution in [0.4, 0.5) is 5.69 Å². The summed E-state index contributed by atoms with van der Waals surface area (Å²) in [6.07, 6.45) is 0. The molecule has 9 heteroatoms. The summed E-state index contributed by atoms with van der Waals surface area (Å²) in [7, 11) is -4.06. The van der Waals surface area contributed by atoms with Crippen LogP contribution in [0.3, 0.4) is 0 Å². The summed E-state index contributed by atoms with van der Waals surface area (Å²) >= 11 is 0. The lowest BCUT2D eigenvalue weighted by atomic mass is 10.1. The van der Waals surface area contributed by atoms with Crippen molar-refractivity contribution < 1.29 is 22.8 Å². The normalized spacial score (nSPS) is 14.4. The lowest BCUT2D eigenvalue weighted by Gasteiger charge is -2.19. The second-order valence-corrected chi connectivity index (χ2v) is 8.25. The highest BCUT2D eigenvalue weighted by Crippen LogP contribution is 2.29. The van der Waals surface area contributed by atoms with Crippen molar-refractivity contribution in [3.05, 3.63) is 59.7 Å². The number of nitrogens with one attached hydrogen (secondary N) is 1. The van der Waals surface area contributed by atoms with E-state index in [9.17, 15) is 22.8 Å². The predicted octanol–water partition coefficient (Wildman–Crippen LogP) is 1.95. The minimum atomic E-state index is -4.06. The molecule has 2 aromatic rings. The molecule has 29 heavy (non-hydrogen) atoms. The van der Waals surface area contributed by atoms with Crippen molar-refractivity contribution in [2.24, 2.45) is 0 Å². The van der Waals surface area contributed by atoms with Crippen LogP contribution < -0.4 is 5.32 Å². The lowest BCUT2D eigenvalue weighted by molar-refractivity contribution is -0.116. The molecule has 0 fully saturated rings. The second kappa shape index (κ2) is 8.04. The van der Waals surface area contributed by atoms with Gasteiger partial charge in [-0.1, -0.05) is 18.2 Å². The summed E-state index contributed by atoms with van der Waals surface area (Å²) in [5.74, 6) is -1.58. The fourth-order valence-corrected chi connectivity index (χ4v) is 4.67. The molecule has 1 N–H and O–H groups in total. The summed E-state index contributed by atoms with van der Waals surface area (Å²) in [5.41, 5.74) is 0.797. The Hall–Kier alpha value is -3.20. The Morgan fingerprint density at radius 2 is 1.72 bits per heavy atom. The fourth-order valence-electron chi connectivity index (χ4n) is 3.14. The first-order chi connectivity index (χ1) is 13.8. The minimum absolute atomic E-state index is 0.0483. The number of sulfonamides is 1. The molecule has 152 valence electrons. The van der Waals surface area contributed by atoms with E-state index in [0.717, 1.165) is 0 Å². The first-order valence-corrected chi connectivity index (χ1v) is 10.6. The van der Waals surface area contributed by atoms with Gasteiger partial charge in [0.25, 0.3) is 21.8 Å². The Balaban J connectivity index is 1.75. The van der Waals surface area contributed by atoms with Gasteiger partial charge in [0.15, 0.2) is 0 Å². The number of benzene rings is 2. The van der Waals surface area contributed by atoms with Gasteiger partial charge in [-0.05, 0) is 44.2 Å². The number of amides is 3. The monoisotopic (exact) mass is 415 g/mol. The van der Waals surface area contributed by atoms with Gasteiger partial charge < -0.3 is 10.2 Å². The van der Waals surface area contributed by atoms with Crippen molar-refractivity contribution in [3.8, 4) is 0 Å². The number of fused-ring (bicyclic) bond motifs is 1. The zero-order chi connectivity index (χ0) is 21.2. The number of rotatable bonds is 6. The fraction of sp³-hybridized carbons (Fsp3) is 0.250. The van der Waals surface area contributed by atoms with Crippen molar-refractivity contribution in [2.45, 2.75) is 18.7 Å². The Bertz CT molecular complexity index is 1080. The number of carbonyl (C=O) groups excluding carboxylic acids is 3. The summed E-state index contributed by atoms with van der Waals surface area (Å²) in [5, 5.41) is 2.56. The molecule has 0 saturated heterocycles. The van der Waals surface area contributed by atoms with E-state index >= 15 is 0 Å². The summed E-state index contributed by atoms with van der Waals surface area (Å²) < 4.78 is 25.6. The van der Waals surface area contributed by atoms with Gasteiger partial charge in [0.1, 0.15) is 11.4 Å². The van der Waals surface area contributed by atoms with Gasteiger partial charge in [-0.25, -0.2) is 12.7 Å². The molecule has 2 aromatic carbocycles. The van der Waals surface area contributed by atoms with Crippen LogP contribution in [0.2, 0.25) is 0 Å². The average molecular weight is 415 g/mol. The molecule has 0 aromatic heterocycles. The molecule has 3 rings (SSSR count). The van der Waals surface area contributed by atoms with Crippen molar-refractivity contribution in [1.82, 2.24) is 9.21 Å². The maximum atomic E-state index is 12.5. The van der Waals surface area contributed by atoms with Gasteiger partial charge in [-0.2, -0.15) is 0 Å². The van der Waals surface area contributed by atoms with Gasteiger partial charge in [0.05, 0.1) is 5.56 Å². The molecule has 0 bridgehead atoms. The van der Waals surface area contributed by atoms with E-state index in [1.165, 1.54) is 24.3 Å². The van der Waals surface area contributed by atoms with E-state index in [0.29, 0.717) is 28.6 Å². The molecule has 1 aliphatic rings. The Morgan fingerprint density at radius 1 is 1.03 bits per heavy atom. The zero-order valence-electron chi connectivity index (χ0n) is 16.1. The van der Waals surface area contributed by atoms with Crippen molar-refractivity contribution in [1.29, 1.82) is 0 Å². The third kappa shape index (κ3) is 3.86. The molecule has 0 radical (unpaired) electrons. The largest absolute Gasteiger partial charge is 0.339 e. The highest BCUT2D eigenvalue weighted by molar-refractivity contribution is 7.90. The molecule has 3 amide bonds. The summed E-state index contributed by atoms with van der Waals surface area (Å²) in [6.45, 7) is 4.21. The number of carbonyl (C=O) groups is 3. The van der Waals surface area contributed by atoms with Crippen LogP contribution in [0.25, 0.3) is 0 Å². The molecular weight excluding hydrogens is 394 g/mol. The standard InChI is InChI=1S/C20H21N3O5S/c1-3-22(4-2)19(25)14-8-7-9-15(12-14)21-18(24)13-23-20(26)16-10-5-6-11-17(16)29(23,27)28/h5-12H,3-4,13H2,1-2H3,(H,21,24). The SMILES string of the molecule is CCN(CC)C(=O)c1cccc(NC(=O)CN2C(=O)c3ccccc3S2(=O)=O)c1. The highest BCUT2D eigenvalue weighted by atomic mass is 32.2. The van der Waals surface area contributed by atoms with Crippen molar-refractivity contribution in [3.63, 3.8) is 0 Å². The number of hydrogen-bond acceptors (Lipinski definition) is 5. The molecule has 0 aliphatic carbocycles. The van der Waals surface area contributed by atoms with Crippen molar-refractivity contribution in [2.75, 3.05) is 25.0 Å². The highest BCUT2D eigenvalue weighted by Gasteiger charge is 2.41. The van der Waals surface area contributed by atoms with E-state index in [2.05, 4.69) is 5.32 Å². The third-order valence-electron chi connectivity index (χ3n) is 4.64. The molecule has 0 spiro atoms. The van der Waals surface area contributed by atoms with Crippen molar-refractivity contribution >= 4 is 33.4 Å². The number of anilines is 1. The maximum absolute atomic E-state index is 12.5. The molecule has 8 nitrogen and oxygen atoms in total. The van der Waals surface area contributed by atoms with Crippen LogP contribution in [0, 0.1) is 0 Å². The van der Waals surface area contributed by atoms with Crippen LogP contribution in [-0.2, 0) is 14.8 Å². The Kier molecular flexibility index (Phi) is 5.69. The van der Waals surface area contributed by atoms with E-state index < -0.39 is 28.4 Å². The van der Waals surface area contributed by atoms with Gasteiger partial charge >= 0.3 is 0 Å². The molecular formula is C20H21N3O5S. The van der Waals surface area contributed by atoms with Crippen LogP contribution in [-0.4, -0.2) is 55.0 Å². The minimum Gasteiger partial charge on any atom is -0.339 e. The van der Waals surface area contributed by atoms with E-state index in [-0.39, 0.29) is 16.4 Å². The Labute approximate surface area is 169 Å². The summed E-state index contributed by atoms with van der Waals surface area (Å²) in [4.78, 5) is 38.8. The molecule has 1 heterocycles. The topological polar surface area (TPSA) is 104 Å². The van der Waals surface area contributed by atoms with Gasteiger partial charge in [-0.15, -0.1) is 0 Å². The first kappa shape index (κ1) is 20.5. The average Bonchev–Trinajstić information content (AvgIpc) is 2.90. The van der Waals surface area contributed by atoms with Crippen LogP contribution in [0.5, 0.6) is 0 Å². The second-order valence-electron chi connectivity index (χ2n) is 6.42. The van der Waals surface area contributed by atoms with Crippen LogP contribution >= 0.6 is 0 Å². The summed E-state index contributed by atoms with van der Waals surface area (Å²) in [6, 6.07) is 12.2. The van der Waals surface area contributed by atoms with Gasteiger partial charge in [-0.3, -0.25) is 14.4 Å². The van der Waals surface area contributed by atoms with Crippen LogP contribution in [0.15, 0.2) is 53.4 Å². The van der Waals surface area contributed by atoms with E-state index in [4.69, 9.17) is 0 Å². The van der Waals surface area contributed by atoms with Crippen LogP contribution in [0.1, 0.15) is 34.6 Å². The predicted molar refractivity (Wildman–Crippen MR) is 107 cm³/mol. The Morgan fingerprint density at radius 3 is 2.38 bits per heavy atom. The number of hydrogen-bond donors (Lipinski definition) is 1. The van der Waals surface area contributed by atoms with Gasteiger partial charge in [0, 0.05) is 24.3 Å². The zero-order valence-corrected chi connectivity index (χ0v) is 16.9. The number of nitrogens with zero attached hydrogens (tertiary/aromatic N) is 2. The molecule has 0 atom stereocenters. The van der Waals surface area contributed by atoms with E-state index in [1.807, 2.05) is 13.8 Å². The smallest absolute Gasteiger partial charge is 0.269 e. The maximum Gasteiger partial charge on any atom is 0.269 e. The molecule has 1 aliphatic heterocycles. The quantitative estimate of drug-likeness (QED) is 0.777.